The Hall–Kier alpha value is -2.26. The fourth-order valence-electron chi connectivity index (χ4n) is 4.06. The summed E-state index contributed by atoms with van der Waals surface area (Å²) in [7, 11) is 0. The SMILES string of the molecule is C/C=C/c1ccc(/C=C/c2cc(OCC(CC)CCCC)c(C)cc2CCC=NCCCS)cc1. The van der Waals surface area contributed by atoms with E-state index in [2.05, 4.69) is 105 Å². The minimum absolute atomic E-state index is 0.622. The Morgan fingerprint density at radius 1 is 1.00 bits per heavy atom. The molecule has 3 heteroatoms. The van der Waals surface area contributed by atoms with Crippen molar-refractivity contribution in [2.45, 2.75) is 72.6 Å². The number of nitrogens with zero attached hydrogens (tertiary/aromatic N) is 1. The Bertz CT molecular complexity index is 943. The molecule has 0 saturated carbocycles. The molecule has 0 amide bonds. The lowest BCUT2D eigenvalue weighted by molar-refractivity contribution is 0.232. The number of unbranched alkanes of at least 4 members (excludes halogenated alkanes) is 1. The highest BCUT2D eigenvalue weighted by atomic mass is 32.1. The van der Waals surface area contributed by atoms with E-state index in [1.807, 2.05) is 6.92 Å². The van der Waals surface area contributed by atoms with Gasteiger partial charge in [0, 0.05) is 6.54 Å². The summed E-state index contributed by atoms with van der Waals surface area (Å²) in [5.41, 5.74) is 6.21. The van der Waals surface area contributed by atoms with Crippen LogP contribution in [0.2, 0.25) is 0 Å². The van der Waals surface area contributed by atoms with Crippen LogP contribution >= 0.6 is 12.6 Å². The van der Waals surface area contributed by atoms with E-state index in [0.717, 1.165) is 43.9 Å². The first kappa shape index (κ1) is 29.0. The van der Waals surface area contributed by atoms with Gasteiger partial charge in [-0.3, -0.25) is 4.99 Å². The second-order valence-electron chi connectivity index (χ2n) is 9.25. The summed E-state index contributed by atoms with van der Waals surface area (Å²) < 4.78 is 6.37. The van der Waals surface area contributed by atoms with Crippen molar-refractivity contribution in [3.63, 3.8) is 0 Å². The predicted octanol–water partition coefficient (Wildman–Crippen LogP) is 9.12. The van der Waals surface area contributed by atoms with Crippen LogP contribution in [0.3, 0.4) is 0 Å². The number of hydrogen-bond donors (Lipinski definition) is 1. The number of allylic oxidation sites excluding steroid dienone is 1. The van der Waals surface area contributed by atoms with Gasteiger partial charge in [0.1, 0.15) is 5.75 Å². The Balaban J connectivity index is 2.21. The Morgan fingerprint density at radius 2 is 1.74 bits per heavy atom. The fraction of sp³-hybridized carbons (Fsp3) is 0.469. The van der Waals surface area contributed by atoms with Gasteiger partial charge in [-0.25, -0.2) is 0 Å². The zero-order valence-corrected chi connectivity index (χ0v) is 23.2. The minimum Gasteiger partial charge on any atom is -0.493 e. The molecule has 0 radical (unpaired) electrons. The second-order valence-corrected chi connectivity index (χ2v) is 9.70. The van der Waals surface area contributed by atoms with Crippen molar-refractivity contribution in [2.75, 3.05) is 18.9 Å². The molecule has 0 aliphatic rings. The quantitative estimate of drug-likeness (QED) is 0.107. The van der Waals surface area contributed by atoms with Gasteiger partial charge in [-0.15, -0.1) is 0 Å². The summed E-state index contributed by atoms with van der Waals surface area (Å²) in [6.45, 7) is 10.4. The number of aliphatic imine (C=N–C) groups is 1. The molecule has 0 fully saturated rings. The molecule has 0 aliphatic carbocycles. The van der Waals surface area contributed by atoms with Gasteiger partial charge in [0.25, 0.3) is 0 Å². The smallest absolute Gasteiger partial charge is 0.122 e. The van der Waals surface area contributed by atoms with Crippen LogP contribution in [0.4, 0.5) is 0 Å². The van der Waals surface area contributed by atoms with Crippen molar-refractivity contribution in [1.29, 1.82) is 0 Å². The van der Waals surface area contributed by atoms with Gasteiger partial charge < -0.3 is 4.74 Å². The number of benzene rings is 2. The third-order valence-electron chi connectivity index (χ3n) is 6.32. The molecule has 1 atom stereocenters. The van der Waals surface area contributed by atoms with Crippen molar-refractivity contribution < 1.29 is 4.74 Å². The van der Waals surface area contributed by atoms with E-state index in [1.165, 1.54) is 53.5 Å². The first-order valence-corrected chi connectivity index (χ1v) is 14.0. The molecule has 2 aromatic carbocycles. The summed E-state index contributed by atoms with van der Waals surface area (Å²) >= 11 is 4.26. The third kappa shape index (κ3) is 10.9. The molecule has 0 aliphatic heterocycles. The van der Waals surface area contributed by atoms with Gasteiger partial charge in [0.15, 0.2) is 0 Å². The van der Waals surface area contributed by atoms with E-state index in [0.29, 0.717) is 5.92 Å². The largest absolute Gasteiger partial charge is 0.493 e. The zero-order valence-electron chi connectivity index (χ0n) is 22.3. The first-order valence-electron chi connectivity index (χ1n) is 13.4. The van der Waals surface area contributed by atoms with E-state index in [4.69, 9.17) is 4.74 Å². The predicted molar refractivity (Wildman–Crippen MR) is 160 cm³/mol. The van der Waals surface area contributed by atoms with E-state index < -0.39 is 0 Å². The third-order valence-corrected chi connectivity index (χ3v) is 6.64. The van der Waals surface area contributed by atoms with Crippen LogP contribution in [0.5, 0.6) is 5.75 Å². The molecule has 2 nitrogen and oxygen atoms in total. The van der Waals surface area contributed by atoms with Crippen LogP contribution < -0.4 is 4.74 Å². The lowest BCUT2D eigenvalue weighted by Crippen LogP contribution is -2.12. The molecule has 0 saturated heterocycles. The molecule has 2 rings (SSSR count). The summed E-state index contributed by atoms with van der Waals surface area (Å²) in [5, 5.41) is 0. The van der Waals surface area contributed by atoms with Crippen LogP contribution in [0.25, 0.3) is 18.2 Å². The van der Waals surface area contributed by atoms with Crippen LogP contribution in [-0.2, 0) is 6.42 Å². The lowest BCUT2D eigenvalue weighted by atomic mass is 9.98. The van der Waals surface area contributed by atoms with Gasteiger partial charge in [-0.05, 0) is 91.3 Å². The highest BCUT2D eigenvalue weighted by molar-refractivity contribution is 7.80. The maximum Gasteiger partial charge on any atom is 0.122 e. The molecule has 0 bridgehead atoms. The van der Waals surface area contributed by atoms with Gasteiger partial charge in [-0.2, -0.15) is 12.6 Å². The average molecular weight is 492 g/mol. The summed E-state index contributed by atoms with van der Waals surface area (Å²) in [6.07, 6.45) is 18.6. The molecular weight excluding hydrogens is 446 g/mol. The Morgan fingerprint density at radius 3 is 2.40 bits per heavy atom. The molecule has 190 valence electrons. The highest BCUT2D eigenvalue weighted by Gasteiger charge is 2.11. The minimum atomic E-state index is 0.622. The monoisotopic (exact) mass is 491 g/mol. The number of ether oxygens (including phenoxy) is 1. The van der Waals surface area contributed by atoms with Crippen LogP contribution in [0.15, 0.2) is 47.5 Å². The Labute approximate surface area is 220 Å². The number of thiol groups is 1. The van der Waals surface area contributed by atoms with E-state index in [1.54, 1.807) is 0 Å². The van der Waals surface area contributed by atoms with Crippen LogP contribution in [0, 0.1) is 12.8 Å². The number of aryl methyl sites for hydroxylation is 2. The maximum absolute atomic E-state index is 6.37. The molecule has 1 unspecified atom stereocenters. The number of rotatable bonds is 16. The summed E-state index contributed by atoms with van der Waals surface area (Å²) in [4.78, 5) is 4.52. The van der Waals surface area contributed by atoms with Gasteiger partial charge in [0.2, 0.25) is 0 Å². The molecule has 0 aromatic heterocycles. The number of hydrogen-bond acceptors (Lipinski definition) is 3. The maximum atomic E-state index is 6.37. The van der Waals surface area contributed by atoms with Gasteiger partial charge in [0.05, 0.1) is 6.61 Å². The lowest BCUT2D eigenvalue weighted by Gasteiger charge is -2.18. The standard InChI is InChI=1S/C32H45NOS/c1-5-8-12-27(7-3)25-34-32-24-31(19-18-29-16-14-28(11-6-2)15-17-29)30(23-26(32)4)13-9-20-33-21-10-22-35/h6,11,14-20,23-24,27,35H,5,7-10,12-13,21-22,25H2,1-4H3/b11-6+,19-18+,33-20?. The average Bonchev–Trinajstić information content (AvgIpc) is 2.87. The van der Waals surface area contributed by atoms with Gasteiger partial charge in [-0.1, -0.05) is 87.7 Å². The van der Waals surface area contributed by atoms with E-state index >= 15 is 0 Å². The summed E-state index contributed by atoms with van der Waals surface area (Å²) in [6, 6.07) is 13.2. The van der Waals surface area contributed by atoms with Crippen molar-refractivity contribution in [2.24, 2.45) is 10.9 Å². The fourth-order valence-corrected chi connectivity index (χ4v) is 4.20. The molecule has 0 spiro atoms. The molecule has 0 heterocycles. The van der Waals surface area contributed by atoms with Gasteiger partial charge >= 0.3 is 0 Å². The normalized spacial score (nSPS) is 12.8. The molecule has 0 N–H and O–H groups in total. The van der Waals surface area contributed by atoms with Crippen molar-refractivity contribution in [3.8, 4) is 5.75 Å². The van der Waals surface area contributed by atoms with Crippen molar-refractivity contribution in [3.05, 3.63) is 70.3 Å². The molecule has 2 aromatic rings. The second kappa shape index (κ2) is 17.2. The van der Waals surface area contributed by atoms with Crippen molar-refractivity contribution >= 4 is 37.1 Å². The highest BCUT2D eigenvalue weighted by Crippen LogP contribution is 2.27. The molecular formula is C32H45NOS. The first-order chi connectivity index (χ1) is 17.1. The van der Waals surface area contributed by atoms with Crippen molar-refractivity contribution in [1.82, 2.24) is 0 Å². The van der Waals surface area contributed by atoms with Crippen LogP contribution in [-0.4, -0.2) is 25.1 Å². The van der Waals surface area contributed by atoms with E-state index in [-0.39, 0.29) is 0 Å². The molecule has 35 heavy (non-hydrogen) atoms. The van der Waals surface area contributed by atoms with Crippen LogP contribution in [0.1, 0.15) is 87.1 Å². The zero-order chi connectivity index (χ0) is 25.3. The Kier molecular flexibility index (Phi) is 14.3. The summed E-state index contributed by atoms with van der Waals surface area (Å²) in [5.74, 6) is 2.52. The van der Waals surface area contributed by atoms with E-state index in [9.17, 15) is 0 Å². The topological polar surface area (TPSA) is 21.6 Å².